The van der Waals surface area contributed by atoms with Crippen LogP contribution >= 0.6 is 0 Å². The monoisotopic (exact) mass is 1700 g/mol. The van der Waals surface area contributed by atoms with Gasteiger partial charge in [0.2, 0.25) is 0 Å². The molecule has 0 saturated heterocycles. The van der Waals surface area contributed by atoms with Crippen LogP contribution in [-0.2, 0) is 20.1 Å². The van der Waals surface area contributed by atoms with E-state index in [1.807, 2.05) is 218 Å². The first kappa shape index (κ1) is 77.8. The largest absolute Gasteiger partial charge is 3.00 e. The number of fused-ring (bicyclic) bond motifs is 5. The summed E-state index contributed by atoms with van der Waals surface area (Å²) in [5.41, 5.74) is 17.5. The molecule has 0 spiro atoms. The fourth-order valence-electron chi connectivity index (χ4n) is 13.5. The molecule has 0 saturated carbocycles. The zero-order valence-electron chi connectivity index (χ0n) is 63.4. The molecule has 0 aliphatic heterocycles. The molecule has 0 amide bonds. The molecule has 13 heteroatoms. The number of benzene rings is 14. The molecule has 0 aliphatic rings. The summed E-state index contributed by atoms with van der Waals surface area (Å²) in [5.74, 6) is 1.82. The van der Waals surface area contributed by atoms with E-state index in [2.05, 4.69) is 252 Å². The van der Waals surface area contributed by atoms with Crippen LogP contribution in [0.25, 0.3) is 99.2 Å². The van der Waals surface area contributed by atoms with Crippen molar-refractivity contribution in [3.05, 3.63) is 468 Å². The molecule has 14 aromatic carbocycles. The third kappa shape index (κ3) is 19.6. The van der Waals surface area contributed by atoms with Crippen molar-refractivity contribution in [1.82, 2.24) is 29.9 Å². The molecule has 0 bridgehead atoms. The van der Waals surface area contributed by atoms with Crippen molar-refractivity contribution in [2.75, 3.05) is 9.80 Å². The molecule has 20 aromatic rings. The van der Waals surface area contributed by atoms with Crippen molar-refractivity contribution in [3.63, 3.8) is 0 Å². The van der Waals surface area contributed by atoms with Gasteiger partial charge in [-0.15, -0.1) is 108 Å². The van der Waals surface area contributed by atoms with Crippen LogP contribution in [-0.4, -0.2) is 45.1 Å². The van der Waals surface area contributed by atoms with Crippen LogP contribution in [0.15, 0.2) is 450 Å². The maximum Gasteiger partial charge on any atom is 3.00 e. The molecular formula is C104H74AlIrN8O3. The first-order valence-corrected chi connectivity index (χ1v) is 39.5. The van der Waals surface area contributed by atoms with Gasteiger partial charge in [-0.25, -0.2) is 0 Å². The molecular weight excluding hydrogens is 1630 g/mol. The minimum atomic E-state index is -2.86. The summed E-state index contributed by atoms with van der Waals surface area (Å²) < 4.78 is 19.2. The van der Waals surface area contributed by atoms with Crippen LogP contribution in [0.1, 0.15) is 0 Å². The van der Waals surface area contributed by atoms with Crippen LogP contribution < -0.4 is 21.2 Å². The standard InChI is InChI=1S/C44H32N2.3C11H8N.3C9H7NO.Al.Ir/c1-3-17-37(18-4-1)45(43-23-11-15-35-13-7-9-21-41(35)43)39-29-25-33(26-30-39)34-27-31-40(32-28-34)46(38-19-5-2-6-20-38)44-24-12-16-36-14-8-10-22-42(36)44;3*1-2-6-10(7-3-1)11-8-4-5-9-12-11;3*11-8-5-1-3-7-4-2-6-10-9(7)8;;/h1-32H;3*1-6,8-9H;3*1-6,11H;;/q;3*-1;;;;2*+3/p-3. The second kappa shape index (κ2) is 39.3. The maximum atomic E-state index is 6.41. The van der Waals surface area contributed by atoms with Crippen LogP contribution in [0.4, 0.5) is 34.1 Å². The predicted octanol–water partition coefficient (Wildman–Crippen LogP) is 26.1. The third-order valence-corrected chi connectivity index (χ3v) is 20.4. The average Bonchev–Trinajstić information content (AvgIpc) is 0.794. The van der Waals surface area contributed by atoms with Gasteiger partial charge in [0.25, 0.3) is 0 Å². The van der Waals surface area contributed by atoms with E-state index in [0.29, 0.717) is 17.2 Å². The quantitative estimate of drug-likeness (QED) is 0.0681. The van der Waals surface area contributed by atoms with E-state index in [1.54, 1.807) is 37.2 Å². The smallest absolute Gasteiger partial charge is 0.576 e. The Hall–Kier alpha value is -14.5. The van der Waals surface area contributed by atoms with Gasteiger partial charge >= 0.3 is 35.3 Å². The van der Waals surface area contributed by atoms with E-state index in [4.69, 9.17) is 11.4 Å². The molecule has 6 aromatic heterocycles. The Bertz CT molecular complexity index is 5830. The summed E-state index contributed by atoms with van der Waals surface area (Å²) >= 11 is -2.86. The van der Waals surface area contributed by atoms with Gasteiger partial charge in [-0.3, -0.25) is 15.0 Å². The zero-order valence-corrected chi connectivity index (χ0v) is 67.0. The first-order valence-electron chi connectivity index (χ1n) is 38.1. The average molecular weight is 1700 g/mol. The Morgan fingerprint density at radius 2 is 0.504 bits per heavy atom. The van der Waals surface area contributed by atoms with Gasteiger partial charge in [0.1, 0.15) is 33.8 Å². The molecule has 0 fully saturated rings. The maximum absolute atomic E-state index is 6.41. The molecule has 11 nitrogen and oxygen atoms in total. The number of anilines is 6. The molecule has 0 atom stereocenters. The van der Waals surface area contributed by atoms with E-state index in [0.717, 1.165) is 101 Å². The second-order valence-corrected chi connectivity index (χ2v) is 27.8. The number of hydrogen-bond donors (Lipinski definition) is 0. The number of para-hydroxylation sites is 5. The van der Waals surface area contributed by atoms with Crippen molar-refractivity contribution in [2.45, 2.75) is 0 Å². The Morgan fingerprint density at radius 3 is 0.838 bits per heavy atom. The molecule has 20 rings (SSSR count). The second-order valence-electron chi connectivity index (χ2n) is 26.5. The Kier molecular flexibility index (Phi) is 26.1. The van der Waals surface area contributed by atoms with Crippen molar-refractivity contribution >= 4 is 104 Å². The summed E-state index contributed by atoms with van der Waals surface area (Å²) in [5, 5.41) is 7.84. The van der Waals surface area contributed by atoms with E-state index < -0.39 is 15.1 Å². The number of aromatic nitrogens is 6. The summed E-state index contributed by atoms with van der Waals surface area (Å²) in [7, 11) is 0. The fraction of sp³-hybridized carbons (Fsp3) is 0. The fourth-order valence-corrected chi connectivity index (χ4v) is 14.9. The molecule has 117 heavy (non-hydrogen) atoms. The molecule has 0 N–H and O–H groups in total. The van der Waals surface area contributed by atoms with Crippen LogP contribution in [0, 0.1) is 18.2 Å². The topological polar surface area (TPSA) is 112 Å². The minimum Gasteiger partial charge on any atom is -0.576 e. The molecule has 0 radical (unpaired) electrons. The zero-order chi connectivity index (χ0) is 78.1. The summed E-state index contributed by atoms with van der Waals surface area (Å²) in [6.45, 7) is 0. The van der Waals surface area contributed by atoms with E-state index in [-0.39, 0.29) is 20.1 Å². The normalized spacial score (nSPS) is 10.5. The SMILES string of the molecule is [Ir+3].[c-]1ccccc1-c1ccccn1.[c-]1ccccc1-c1ccccn1.[c-]1ccccc1-c1ccccn1.c1ccc(N(c2ccc(-c3ccc(N(c4ccccc4)c4cccc5ccccc45)cc3)cc2)c2cccc3ccccc23)cc1.c1cnc2c([O][Al]([O]c3cccc4cccnc34)[O]c3cccc4cccnc34)cccc2c1. The van der Waals surface area contributed by atoms with Crippen LogP contribution in [0.5, 0.6) is 17.2 Å². The van der Waals surface area contributed by atoms with Crippen molar-refractivity contribution in [2.24, 2.45) is 0 Å². The molecule has 6 heterocycles. The Labute approximate surface area is 699 Å². The van der Waals surface area contributed by atoms with Gasteiger partial charge in [-0.05, 0) is 154 Å². The van der Waals surface area contributed by atoms with Gasteiger partial charge in [-0.2, -0.15) is 0 Å². The summed E-state index contributed by atoms with van der Waals surface area (Å²) in [4.78, 5) is 30.9. The van der Waals surface area contributed by atoms with Crippen LogP contribution in [0.2, 0.25) is 0 Å². The van der Waals surface area contributed by atoms with E-state index >= 15 is 0 Å². The van der Waals surface area contributed by atoms with Gasteiger partial charge in [0.15, 0.2) is 0 Å². The van der Waals surface area contributed by atoms with E-state index in [1.165, 1.54) is 32.7 Å². The Balaban J connectivity index is 0.000000130. The van der Waals surface area contributed by atoms with Crippen molar-refractivity contribution < 1.29 is 31.5 Å². The number of rotatable bonds is 16. The molecule has 560 valence electrons. The van der Waals surface area contributed by atoms with Gasteiger partial charge in [0, 0.05) is 86.9 Å². The van der Waals surface area contributed by atoms with Crippen LogP contribution in [0.3, 0.4) is 0 Å². The molecule has 0 unspecified atom stereocenters. The molecule has 0 aliphatic carbocycles. The van der Waals surface area contributed by atoms with E-state index in [9.17, 15) is 0 Å². The van der Waals surface area contributed by atoms with Gasteiger partial charge in [-0.1, -0.05) is 224 Å². The third-order valence-electron chi connectivity index (χ3n) is 19.0. The van der Waals surface area contributed by atoms with Crippen molar-refractivity contribution in [1.29, 1.82) is 0 Å². The van der Waals surface area contributed by atoms with Gasteiger partial charge in [0.05, 0.1) is 11.4 Å². The van der Waals surface area contributed by atoms with Crippen molar-refractivity contribution in [3.8, 4) is 62.1 Å². The number of hydrogen-bond acceptors (Lipinski definition) is 11. The first-order chi connectivity index (χ1) is 57.6. The minimum absolute atomic E-state index is 0. The summed E-state index contributed by atoms with van der Waals surface area (Å²) in [6.07, 6.45) is 10.6. The number of nitrogens with zero attached hydrogens (tertiary/aromatic N) is 8. The number of pyridine rings is 6. The van der Waals surface area contributed by atoms with Gasteiger partial charge < -0.3 is 36.1 Å². The predicted molar refractivity (Wildman–Crippen MR) is 475 cm³/mol. The Morgan fingerprint density at radius 1 is 0.222 bits per heavy atom. The summed E-state index contributed by atoms with van der Waals surface area (Å²) in [6, 6.07) is 149.